The Hall–Kier alpha value is -4.37. The summed E-state index contributed by atoms with van der Waals surface area (Å²) in [5.74, 6) is 0.950. The summed E-state index contributed by atoms with van der Waals surface area (Å²) in [6.45, 7) is 2.22. The number of rotatable bonds is 6. The largest absolute Gasteiger partial charge is 0.489 e. The molecule has 0 unspecified atom stereocenters. The second kappa shape index (κ2) is 8.97. The summed E-state index contributed by atoms with van der Waals surface area (Å²) >= 11 is 0. The number of hydrogen-bond donors (Lipinski definition) is 1. The fourth-order valence-corrected chi connectivity index (χ4v) is 3.07. The maximum Gasteiger partial charge on any atom is 0.256 e. The zero-order valence-corrected chi connectivity index (χ0v) is 16.9. The Morgan fingerprint density at radius 1 is 1.06 bits per heavy atom. The molecule has 0 saturated heterocycles. The molecule has 4 rings (SSSR count). The van der Waals surface area contributed by atoms with E-state index in [1.165, 1.54) is 0 Å². The average molecular weight is 408 g/mol. The summed E-state index contributed by atoms with van der Waals surface area (Å²) in [7, 11) is 0. The number of aryl methyl sites for hydroxylation is 1. The highest BCUT2D eigenvalue weighted by Crippen LogP contribution is 2.18. The van der Waals surface area contributed by atoms with Crippen LogP contribution in [0.2, 0.25) is 0 Å². The van der Waals surface area contributed by atoms with Crippen molar-refractivity contribution in [1.29, 1.82) is 5.26 Å². The minimum absolute atomic E-state index is 0.235. The van der Waals surface area contributed by atoms with Crippen LogP contribution in [0, 0.1) is 18.3 Å². The van der Waals surface area contributed by atoms with Crippen LogP contribution in [-0.2, 0) is 6.61 Å². The van der Waals surface area contributed by atoms with E-state index in [1.54, 1.807) is 41.1 Å². The van der Waals surface area contributed by atoms with E-state index in [1.807, 2.05) is 55.6 Å². The van der Waals surface area contributed by atoms with E-state index < -0.39 is 0 Å². The van der Waals surface area contributed by atoms with Gasteiger partial charge in [-0.25, -0.2) is 4.68 Å². The maximum atomic E-state index is 12.8. The van der Waals surface area contributed by atoms with Gasteiger partial charge in [0.05, 0.1) is 17.3 Å². The van der Waals surface area contributed by atoms with Gasteiger partial charge >= 0.3 is 0 Å². The smallest absolute Gasteiger partial charge is 0.256 e. The number of nitriles is 1. The number of nitrogens with zero attached hydrogens (tertiary/aromatic N) is 3. The van der Waals surface area contributed by atoms with Crippen molar-refractivity contribution in [3.63, 3.8) is 0 Å². The molecular formula is C25H20N4O2. The first-order valence-corrected chi connectivity index (χ1v) is 9.77. The second-order valence-corrected chi connectivity index (χ2v) is 7.02. The number of hydrogen-bond acceptors (Lipinski definition) is 4. The number of para-hydroxylation sites is 1. The number of nitrogens with one attached hydrogen (secondary N) is 1. The predicted octanol–water partition coefficient (Wildman–Crippen LogP) is 4.88. The Morgan fingerprint density at radius 3 is 2.58 bits per heavy atom. The van der Waals surface area contributed by atoms with Crippen molar-refractivity contribution in [1.82, 2.24) is 9.78 Å². The molecule has 0 spiro atoms. The van der Waals surface area contributed by atoms with E-state index >= 15 is 0 Å². The van der Waals surface area contributed by atoms with E-state index in [2.05, 4.69) is 16.5 Å². The van der Waals surface area contributed by atoms with Crippen LogP contribution in [-0.4, -0.2) is 15.7 Å². The van der Waals surface area contributed by atoms with E-state index in [9.17, 15) is 4.79 Å². The molecule has 6 nitrogen and oxygen atoms in total. The molecule has 152 valence electrons. The van der Waals surface area contributed by atoms with Crippen LogP contribution in [0.4, 0.5) is 5.82 Å². The fourth-order valence-electron chi connectivity index (χ4n) is 3.07. The maximum absolute atomic E-state index is 12.8. The molecule has 0 aliphatic rings. The number of carbonyl (C=O) groups excluding carboxylic acids is 1. The standard InChI is InChI=1S/C25H20N4O2/c1-18-16-29(22-8-3-2-4-9-22)28-24(18)27-25(30)21-7-5-6-20(14-21)17-31-23-12-10-19(15-26)11-13-23/h2-14,16H,17H2,1H3,(H,27,28,30). The first-order valence-electron chi connectivity index (χ1n) is 9.77. The van der Waals surface area contributed by atoms with Crippen LogP contribution in [0.1, 0.15) is 27.0 Å². The molecule has 0 atom stereocenters. The zero-order valence-electron chi connectivity index (χ0n) is 16.9. The first kappa shape index (κ1) is 19.9. The minimum Gasteiger partial charge on any atom is -0.489 e. The van der Waals surface area contributed by atoms with Crippen molar-refractivity contribution >= 4 is 11.7 Å². The van der Waals surface area contributed by atoms with Crippen molar-refractivity contribution in [2.24, 2.45) is 0 Å². The third kappa shape index (κ3) is 4.80. The molecule has 1 amide bonds. The molecule has 0 saturated carbocycles. The fraction of sp³-hybridized carbons (Fsp3) is 0.0800. The normalized spacial score (nSPS) is 10.3. The van der Waals surface area contributed by atoms with Crippen LogP contribution in [0.3, 0.4) is 0 Å². The van der Waals surface area contributed by atoms with Crippen LogP contribution in [0.5, 0.6) is 5.75 Å². The summed E-state index contributed by atoms with van der Waals surface area (Å²) < 4.78 is 7.50. The quantitative estimate of drug-likeness (QED) is 0.493. The highest BCUT2D eigenvalue weighted by atomic mass is 16.5. The topological polar surface area (TPSA) is 79.9 Å². The van der Waals surface area contributed by atoms with Crippen molar-refractivity contribution in [3.8, 4) is 17.5 Å². The van der Waals surface area contributed by atoms with Crippen molar-refractivity contribution in [3.05, 3.63) is 107 Å². The zero-order chi connectivity index (χ0) is 21.6. The molecule has 3 aromatic carbocycles. The van der Waals surface area contributed by atoms with Gasteiger partial charge in [0.1, 0.15) is 12.4 Å². The molecule has 0 aliphatic heterocycles. The number of amides is 1. The average Bonchev–Trinajstić information content (AvgIpc) is 3.19. The Kier molecular flexibility index (Phi) is 5.77. The van der Waals surface area contributed by atoms with Gasteiger partial charge in [-0.1, -0.05) is 30.3 Å². The van der Waals surface area contributed by atoms with Crippen molar-refractivity contribution < 1.29 is 9.53 Å². The van der Waals surface area contributed by atoms with Crippen LogP contribution in [0.25, 0.3) is 5.69 Å². The van der Waals surface area contributed by atoms with Gasteiger partial charge in [-0.2, -0.15) is 5.26 Å². The van der Waals surface area contributed by atoms with Crippen molar-refractivity contribution in [2.75, 3.05) is 5.32 Å². The number of ether oxygens (including phenoxy) is 1. The lowest BCUT2D eigenvalue weighted by Gasteiger charge is -2.08. The van der Waals surface area contributed by atoms with Crippen LogP contribution < -0.4 is 10.1 Å². The lowest BCUT2D eigenvalue weighted by Crippen LogP contribution is -2.13. The molecule has 6 heteroatoms. The van der Waals surface area contributed by atoms with Gasteiger partial charge in [-0.3, -0.25) is 4.79 Å². The summed E-state index contributed by atoms with van der Waals surface area (Å²) in [4.78, 5) is 12.8. The molecule has 1 N–H and O–H groups in total. The summed E-state index contributed by atoms with van der Waals surface area (Å²) in [6.07, 6.45) is 1.88. The van der Waals surface area contributed by atoms with Crippen LogP contribution in [0.15, 0.2) is 85.1 Å². The van der Waals surface area contributed by atoms with Crippen molar-refractivity contribution in [2.45, 2.75) is 13.5 Å². The Bertz CT molecular complexity index is 1240. The molecule has 31 heavy (non-hydrogen) atoms. The Balaban J connectivity index is 1.43. The number of benzene rings is 3. The monoisotopic (exact) mass is 408 g/mol. The Morgan fingerprint density at radius 2 is 1.84 bits per heavy atom. The van der Waals surface area contributed by atoms with E-state index in [0.29, 0.717) is 29.3 Å². The highest BCUT2D eigenvalue weighted by Gasteiger charge is 2.12. The second-order valence-electron chi connectivity index (χ2n) is 7.02. The lowest BCUT2D eigenvalue weighted by atomic mass is 10.1. The lowest BCUT2D eigenvalue weighted by molar-refractivity contribution is 0.102. The summed E-state index contributed by atoms with van der Waals surface area (Å²) in [6, 6.07) is 26.0. The van der Waals surface area contributed by atoms with Gasteiger partial charge < -0.3 is 10.1 Å². The molecule has 4 aromatic rings. The SMILES string of the molecule is Cc1cn(-c2ccccc2)nc1NC(=O)c1cccc(COc2ccc(C#N)cc2)c1. The van der Waals surface area contributed by atoms with E-state index in [-0.39, 0.29) is 5.91 Å². The molecule has 0 bridgehead atoms. The molecule has 0 radical (unpaired) electrons. The predicted molar refractivity (Wildman–Crippen MR) is 118 cm³/mol. The third-order valence-corrected chi connectivity index (χ3v) is 4.73. The minimum atomic E-state index is -0.235. The van der Waals surface area contributed by atoms with Gasteiger partial charge in [-0.15, -0.1) is 5.10 Å². The highest BCUT2D eigenvalue weighted by molar-refractivity contribution is 6.04. The van der Waals surface area contributed by atoms with E-state index in [4.69, 9.17) is 10.00 Å². The summed E-state index contributed by atoms with van der Waals surface area (Å²) in [5, 5.41) is 16.2. The molecule has 0 fully saturated rings. The Labute approximate surface area is 180 Å². The molecule has 1 aromatic heterocycles. The van der Waals surface area contributed by atoms with Gasteiger partial charge in [0.15, 0.2) is 5.82 Å². The van der Waals surface area contributed by atoms with Gasteiger partial charge in [0.25, 0.3) is 5.91 Å². The number of carbonyl (C=O) groups is 1. The number of anilines is 1. The summed E-state index contributed by atoms with van der Waals surface area (Å²) in [5.41, 5.74) is 3.76. The van der Waals surface area contributed by atoms with Gasteiger partial charge in [0.2, 0.25) is 0 Å². The van der Waals surface area contributed by atoms with E-state index in [0.717, 1.165) is 16.8 Å². The van der Waals surface area contributed by atoms with Gasteiger partial charge in [0, 0.05) is 17.3 Å². The van der Waals surface area contributed by atoms with Crippen LogP contribution >= 0.6 is 0 Å². The first-order chi connectivity index (χ1) is 15.1. The molecule has 0 aliphatic carbocycles. The molecular weight excluding hydrogens is 388 g/mol. The third-order valence-electron chi connectivity index (χ3n) is 4.73. The van der Waals surface area contributed by atoms with Gasteiger partial charge in [-0.05, 0) is 61.0 Å². The molecule has 1 heterocycles. The number of aromatic nitrogens is 2.